The number of alkyl halides is 3. The van der Waals surface area contributed by atoms with Gasteiger partial charge in [-0.25, -0.2) is 0 Å². The fraction of sp³-hybridized carbons (Fsp3) is 0.0870. The maximum absolute atomic E-state index is 13.1. The Kier molecular flexibility index (Phi) is 4.61. The van der Waals surface area contributed by atoms with Gasteiger partial charge in [-0.3, -0.25) is 0 Å². The van der Waals surface area contributed by atoms with Gasteiger partial charge < -0.3 is 0 Å². The van der Waals surface area contributed by atoms with E-state index in [0.717, 1.165) is 33.8 Å². The molecule has 1 atom stereocenters. The van der Waals surface area contributed by atoms with Crippen LogP contribution in [0.3, 0.4) is 0 Å². The molecule has 1 aliphatic heterocycles. The lowest BCUT2D eigenvalue weighted by molar-refractivity contribution is -0.902. The van der Waals surface area contributed by atoms with Gasteiger partial charge in [0, 0.05) is 22.8 Å². The van der Waals surface area contributed by atoms with Crippen molar-refractivity contribution in [3.05, 3.63) is 119 Å². The average molecular weight is 379 g/mol. The molecular weight excluding hydrogens is 361 g/mol. The van der Waals surface area contributed by atoms with Crippen molar-refractivity contribution in [3.63, 3.8) is 0 Å². The zero-order valence-electron chi connectivity index (χ0n) is 14.9. The van der Waals surface area contributed by atoms with Crippen LogP contribution in [-0.2, 0) is 11.7 Å². The largest absolute Gasteiger partial charge is 0.416 e. The number of halogens is 3. The van der Waals surface area contributed by atoms with Crippen LogP contribution in [0, 0.1) is 0 Å². The maximum atomic E-state index is 13.1. The highest BCUT2D eigenvalue weighted by atomic mass is 19.4. The van der Waals surface area contributed by atoms with E-state index in [9.17, 15) is 13.2 Å². The first-order chi connectivity index (χ1) is 13.5. The summed E-state index contributed by atoms with van der Waals surface area (Å²) in [5.74, 6) is 0. The number of rotatable bonds is 4. The summed E-state index contributed by atoms with van der Waals surface area (Å²) in [7, 11) is 0. The Labute approximate surface area is 161 Å². The molecule has 140 valence electrons. The van der Waals surface area contributed by atoms with Crippen LogP contribution in [0.5, 0.6) is 0 Å². The second kappa shape index (κ2) is 7.09. The maximum Gasteiger partial charge on any atom is 0.416 e. The van der Waals surface area contributed by atoms with Gasteiger partial charge in [0.15, 0.2) is 0 Å². The highest BCUT2D eigenvalue weighted by Gasteiger charge is 2.47. The van der Waals surface area contributed by atoms with Crippen LogP contribution in [0.15, 0.2) is 102 Å². The van der Waals surface area contributed by atoms with E-state index in [-0.39, 0.29) is 0 Å². The normalized spacial score (nSPS) is 16.5. The monoisotopic (exact) mass is 379 g/mol. The van der Waals surface area contributed by atoms with Crippen LogP contribution in [0.1, 0.15) is 22.3 Å². The van der Waals surface area contributed by atoms with Gasteiger partial charge in [-0.2, -0.15) is 18.2 Å². The van der Waals surface area contributed by atoms with Crippen molar-refractivity contribution in [3.8, 4) is 0 Å². The Morgan fingerprint density at radius 1 is 0.607 bits per heavy atom. The topological polar surface area (TPSA) is 16.8 Å². The third-order valence-corrected chi connectivity index (χ3v) is 5.00. The van der Waals surface area contributed by atoms with Gasteiger partial charge in [0.2, 0.25) is 5.54 Å². The SMILES string of the molecule is FC(F)(F)c1ccc(C(c2ccccc2)(c2ccccc2)[NH+]2C=CC=N2)cc1. The van der Waals surface area contributed by atoms with Gasteiger partial charge in [0.25, 0.3) is 0 Å². The minimum absolute atomic E-state index is 0.665. The third kappa shape index (κ3) is 3.04. The lowest BCUT2D eigenvalue weighted by Crippen LogP contribution is -3.10. The molecule has 0 aromatic heterocycles. The molecule has 0 saturated heterocycles. The van der Waals surface area contributed by atoms with Crippen LogP contribution in [0.4, 0.5) is 13.2 Å². The minimum atomic E-state index is -4.38. The van der Waals surface area contributed by atoms with Crippen molar-refractivity contribution >= 4 is 6.21 Å². The smallest absolute Gasteiger partial charge is 0.167 e. The summed E-state index contributed by atoms with van der Waals surface area (Å²) in [5.41, 5.74) is 1.15. The second-order valence-corrected chi connectivity index (χ2v) is 6.58. The first kappa shape index (κ1) is 18.2. The fourth-order valence-corrected chi connectivity index (χ4v) is 3.75. The van der Waals surface area contributed by atoms with E-state index in [0.29, 0.717) is 0 Å². The van der Waals surface area contributed by atoms with Gasteiger partial charge in [0.05, 0.1) is 11.8 Å². The van der Waals surface area contributed by atoms with Crippen molar-refractivity contribution in [2.75, 3.05) is 0 Å². The highest BCUT2D eigenvalue weighted by Crippen LogP contribution is 2.36. The number of hydrogen-bond donors (Lipinski definition) is 1. The van der Waals surface area contributed by atoms with Crippen molar-refractivity contribution < 1.29 is 18.2 Å². The molecule has 0 spiro atoms. The summed E-state index contributed by atoms with van der Waals surface area (Å²) in [6.45, 7) is 0. The van der Waals surface area contributed by atoms with E-state index in [1.165, 1.54) is 0 Å². The zero-order valence-corrected chi connectivity index (χ0v) is 14.9. The first-order valence-corrected chi connectivity index (χ1v) is 8.90. The number of nitrogens with zero attached hydrogens (tertiary/aromatic N) is 1. The number of quaternary nitrogens is 1. The molecular formula is C23H18F3N2+. The molecule has 0 saturated carbocycles. The summed E-state index contributed by atoms with van der Waals surface area (Å²) < 4.78 is 39.4. The average Bonchev–Trinajstić information content (AvgIpc) is 3.25. The Morgan fingerprint density at radius 3 is 1.50 bits per heavy atom. The van der Waals surface area contributed by atoms with Crippen LogP contribution < -0.4 is 5.01 Å². The number of allylic oxidation sites excluding steroid dienone is 1. The molecule has 5 heteroatoms. The molecule has 0 amide bonds. The molecule has 28 heavy (non-hydrogen) atoms. The molecule has 0 radical (unpaired) electrons. The standard InChI is InChI=1S/C23H17F3N2/c24-23(25,26)21-14-12-20(13-15-21)22(28-17-7-16-27-28,18-8-3-1-4-9-18)19-10-5-2-6-11-19/h1-17H/p+1. The molecule has 3 aromatic rings. The number of nitrogens with one attached hydrogen (secondary N) is 1. The molecule has 1 aliphatic rings. The first-order valence-electron chi connectivity index (χ1n) is 8.90. The molecule has 0 fully saturated rings. The quantitative estimate of drug-likeness (QED) is 0.648. The predicted molar refractivity (Wildman–Crippen MR) is 103 cm³/mol. The summed E-state index contributed by atoms with van der Waals surface area (Å²) in [5, 5.41) is 5.34. The fourth-order valence-electron chi connectivity index (χ4n) is 3.75. The zero-order chi connectivity index (χ0) is 19.6. The van der Waals surface area contributed by atoms with Crippen molar-refractivity contribution in [1.29, 1.82) is 0 Å². The number of hydrogen-bond acceptors (Lipinski definition) is 1. The van der Waals surface area contributed by atoms with Crippen molar-refractivity contribution in [2.24, 2.45) is 5.10 Å². The van der Waals surface area contributed by atoms with Gasteiger partial charge in [-0.15, -0.1) is 0 Å². The minimum Gasteiger partial charge on any atom is -0.167 e. The van der Waals surface area contributed by atoms with Crippen LogP contribution in [0.25, 0.3) is 0 Å². The van der Waals surface area contributed by atoms with Crippen LogP contribution in [0.2, 0.25) is 0 Å². The Balaban J connectivity index is 2.00. The van der Waals surface area contributed by atoms with E-state index in [1.807, 2.05) is 72.9 Å². The summed E-state index contributed by atoms with van der Waals surface area (Å²) in [6, 6.07) is 24.9. The van der Waals surface area contributed by atoms with Crippen LogP contribution >= 0.6 is 0 Å². The highest BCUT2D eigenvalue weighted by molar-refractivity contribution is 5.71. The van der Waals surface area contributed by atoms with Crippen molar-refractivity contribution in [2.45, 2.75) is 11.7 Å². The van der Waals surface area contributed by atoms with Gasteiger partial charge in [-0.05, 0) is 12.1 Å². The molecule has 1 N–H and O–H groups in total. The molecule has 0 bridgehead atoms. The van der Waals surface area contributed by atoms with E-state index >= 15 is 0 Å². The second-order valence-electron chi connectivity index (χ2n) is 6.58. The summed E-state index contributed by atoms with van der Waals surface area (Å²) in [6.07, 6.45) is 1.09. The van der Waals surface area contributed by atoms with Gasteiger partial charge >= 0.3 is 6.18 Å². The molecule has 4 rings (SSSR count). The molecule has 0 aliphatic carbocycles. The predicted octanol–water partition coefficient (Wildman–Crippen LogP) is 4.40. The van der Waals surface area contributed by atoms with E-state index in [2.05, 4.69) is 5.10 Å². The van der Waals surface area contributed by atoms with Gasteiger partial charge in [0.1, 0.15) is 6.20 Å². The van der Waals surface area contributed by atoms with Gasteiger partial charge in [-0.1, -0.05) is 77.9 Å². The molecule has 2 nitrogen and oxygen atoms in total. The number of benzene rings is 3. The molecule has 1 unspecified atom stereocenters. The van der Waals surface area contributed by atoms with Crippen LogP contribution in [-0.4, -0.2) is 6.21 Å². The van der Waals surface area contributed by atoms with E-state index in [4.69, 9.17) is 0 Å². The Morgan fingerprint density at radius 2 is 1.07 bits per heavy atom. The molecule has 3 aromatic carbocycles. The van der Waals surface area contributed by atoms with Crippen molar-refractivity contribution in [1.82, 2.24) is 0 Å². The third-order valence-electron chi connectivity index (χ3n) is 5.00. The Hall–Kier alpha value is -3.18. The summed E-state index contributed by atoms with van der Waals surface area (Å²) >= 11 is 0. The van der Waals surface area contributed by atoms with E-state index < -0.39 is 17.3 Å². The lowest BCUT2D eigenvalue weighted by atomic mass is 9.76. The lowest BCUT2D eigenvalue weighted by Gasteiger charge is -2.36. The van der Waals surface area contributed by atoms with E-state index in [1.54, 1.807) is 18.3 Å². The summed E-state index contributed by atoms with van der Waals surface area (Å²) in [4.78, 5) is 0. The Bertz CT molecular complexity index is 940. The molecule has 1 heterocycles.